The quantitative estimate of drug-likeness (QED) is 0.823. The number of ether oxygens (including phenoxy) is 1. The summed E-state index contributed by atoms with van der Waals surface area (Å²) in [5.41, 5.74) is 5.82. The maximum Gasteiger partial charge on any atom is 0.161 e. The molecule has 2 N–H and O–H groups in total. The van der Waals surface area contributed by atoms with Crippen LogP contribution in [-0.4, -0.2) is 35.8 Å². The number of rotatable bonds is 2. The third kappa shape index (κ3) is 2.22. The molecule has 2 aliphatic rings. The van der Waals surface area contributed by atoms with Crippen LogP contribution in [0.4, 0.5) is 11.6 Å². The monoisotopic (exact) mass is 245 g/mol. The van der Waals surface area contributed by atoms with E-state index in [1.807, 2.05) is 4.90 Å². The Bertz CT molecular complexity index is 494. The van der Waals surface area contributed by atoms with Crippen molar-refractivity contribution in [3.63, 3.8) is 0 Å². The van der Waals surface area contributed by atoms with Crippen LogP contribution < -0.4 is 10.6 Å². The van der Waals surface area contributed by atoms with Gasteiger partial charge in [-0.1, -0.05) is 0 Å². The first-order chi connectivity index (χ1) is 8.76. The molecule has 0 bridgehead atoms. The molecule has 1 unspecified atom stereocenters. The summed E-state index contributed by atoms with van der Waals surface area (Å²) in [5, 5.41) is 8.90. The van der Waals surface area contributed by atoms with E-state index < -0.39 is 0 Å². The van der Waals surface area contributed by atoms with E-state index in [-0.39, 0.29) is 6.10 Å². The molecule has 1 saturated heterocycles. The molecule has 0 spiro atoms. The van der Waals surface area contributed by atoms with Gasteiger partial charge in [-0.2, -0.15) is 5.26 Å². The van der Waals surface area contributed by atoms with Gasteiger partial charge in [-0.05, 0) is 12.8 Å². The Morgan fingerprint density at radius 1 is 1.44 bits per heavy atom. The number of morpholine rings is 1. The van der Waals surface area contributed by atoms with Gasteiger partial charge in [-0.15, -0.1) is 0 Å². The minimum atomic E-state index is -0.390. The van der Waals surface area contributed by atoms with Gasteiger partial charge < -0.3 is 15.4 Å². The molecule has 1 aromatic heterocycles. The average Bonchev–Trinajstić information content (AvgIpc) is 3.22. The van der Waals surface area contributed by atoms with Crippen molar-refractivity contribution in [2.24, 2.45) is 0 Å². The van der Waals surface area contributed by atoms with Crippen molar-refractivity contribution in [2.45, 2.75) is 24.9 Å². The van der Waals surface area contributed by atoms with Crippen molar-refractivity contribution in [2.75, 3.05) is 30.3 Å². The Morgan fingerprint density at radius 2 is 2.28 bits per heavy atom. The molecule has 1 aromatic rings. The molecule has 94 valence electrons. The maximum absolute atomic E-state index is 8.90. The fraction of sp³-hybridized carbons (Fsp3) is 0.583. The van der Waals surface area contributed by atoms with Crippen LogP contribution in [0.5, 0.6) is 0 Å². The van der Waals surface area contributed by atoms with E-state index in [0.717, 1.165) is 31.0 Å². The molecular weight excluding hydrogens is 230 g/mol. The summed E-state index contributed by atoms with van der Waals surface area (Å²) in [6, 6.07) is 3.90. The van der Waals surface area contributed by atoms with E-state index in [1.54, 1.807) is 6.07 Å². The summed E-state index contributed by atoms with van der Waals surface area (Å²) in [7, 11) is 0. The summed E-state index contributed by atoms with van der Waals surface area (Å²) in [6.07, 6.45) is 1.90. The predicted octanol–water partition coefficient (Wildman–Crippen LogP) is 0.665. The lowest BCUT2D eigenvalue weighted by molar-refractivity contribution is 0.0761. The second kappa shape index (κ2) is 4.42. The Kier molecular flexibility index (Phi) is 2.76. The van der Waals surface area contributed by atoms with Crippen LogP contribution in [0.25, 0.3) is 0 Å². The zero-order chi connectivity index (χ0) is 12.5. The standard InChI is InChI=1S/C12H15N5O/c13-6-9-7-17(3-4-18-9)11-5-10(14)15-12(16-11)8-1-2-8/h5,8-9H,1-4,7H2,(H2,14,15,16). The zero-order valence-electron chi connectivity index (χ0n) is 10.0. The summed E-state index contributed by atoms with van der Waals surface area (Å²) >= 11 is 0. The third-order valence-corrected chi connectivity index (χ3v) is 3.23. The third-order valence-electron chi connectivity index (χ3n) is 3.23. The molecule has 18 heavy (non-hydrogen) atoms. The fourth-order valence-electron chi connectivity index (χ4n) is 2.09. The second-order valence-corrected chi connectivity index (χ2v) is 4.72. The van der Waals surface area contributed by atoms with Crippen molar-refractivity contribution in [3.05, 3.63) is 11.9 Å². The highest BCUT2D eigenvalue weighted by atomic mass is 16.5. The number of nitrogens with two attached hydrogens (primary N) is 1. The van der Waals surface area contributed by atoms with Crippen molar-refractivity contribution < 1.29 is 4.74 Å². The van der Waals surface area contributed by atoms with Crippen LogP contribution in [0.1, 0.15) is 24.6 Å². The van der Waals surface area contributed by atoms with Crippen molar-refractivity contribution >= 4 is 11.6 Å². The lowest BCUT2D eigenvalue weighted by Crippen LogP contribution is -2.42. The Labute approximate surface area is 105 Å². The highest BCUT2D eigenvalue weighted by molar-refractivity contribution is 5.48. The van der Waals surface area contributed by atoms with Gasteiger partial charge in [0, 0.05) is 18.5 Å². The largest absolute Gasteiger partial charge is 0.384 e. The van der Waals surface area contributed by atoms with Crippen LogP contribution in [-0.2, 0) is 4.74 Å². The van der Waals surface area contributed by atoms with E-state index in [9.17, 15) is 0 Å². The van der Waals surface area contributed by atoms with Crippen molar-refractivity contribution in [1.29, 1.82) is 5.26 Å². The van der Waals surface area contributed by atoms with Gasteiger partial charge in [-0.3, -0.25) is 0 Å². The van der Waals surface area contributed by atoms with E-state index >= 15 is 0 Å². The molecule has 1 atom stereocenters. The number of hydrogen-bond donors (Lipinski definition) is 1. The highest BCUT2D eigenvalue weighted by Gasteiger charge is 2.28. The van der Waals surface area contributed by atoms with Crippen LogP contribution in [0.2, 0.25) is 0 Å². The van der Waals surface area contributed by atoms with Gasteiger partial charge in [0.2, 0.25) is 0 Å². The molecule has 1 saturated carbocycles. The van der Waals surface area contributed by atoms with E-state index in [2.05, 4.69) is 16.0 Å². The van der Waals surface area contributed by atoms with Gasteiger partial charge in [0.25, 0.3) is 0 Å². The van der Waals surface area contributed by atoms with Crippen LogP contribution in [0.15, 0.2) is 6.07 Å². The van der Waals surface area contributed by atoms with Crippen LogP contribution in [0, 0.1) is 11.3 Å². The molecule has 0 amide bonds. The Morgan fingerprint density at radius 3 is 3.00 bits per heavy atom. The summed E-state index contributed by atoms with van der Waals surface area (Å²) < 4.78 is 5.32. The number of nitrogen functional groups attached to an aromatic ring is 1. The second-order valence-electron chi connectivity index (χ2n) is 4.72. The van der Waals surface area contributed by atoms with Crippen LogP contribution in [0.3, 0.4) is 0 Å². The van der Waals surface area contributed by atoms with E-state index in [1.165, 1.54) is 0 Å². The Hall–Kier alpha value is -1.87. The highest BCUT2D eigenvalue weighted by Crippen LogP contribution is 2.38. The van der Waals surface area contributed by atoms with Crippen molar-refractivity contribution in [1.82, 2.24) is 9.97 Å². The fourth-order valence-corrected chi connectivity index (χ4v) is 2.09. The minimum Gasteiger partial charge on any atom is -0.384 e. The SMILES string of the molecule is N#CC1CN(c2cc(N)nc(C3CC3)n2)CCO1. The van der Waals surface area contributed by atoms with Crippen LogP contribution >= 0.6 is 0 Å². The first kappa shape index (κ1) is 11.2. The van der Waals surface area contributed by atoms with Gasteiger partial charge in [0.05, 0.1) is 19.2 Å². The molecular formula is C12H15N5O. The predicted molar refractivity (Wildman–Crippen MR) is 66.0 cm³/mol. The molecule has 0 aromatic carbocycles. The first-order valence-corrected chi connectivity index (χ1v) is 6.17. The Balaban J connectivity index is 1.84. The van der Waals surface area contributed by atoms with E-state index in [4.69, 9.17) is 15.7 Å². The number of nitrogens with zero attached hydrogens (tertiary/aromatic N) is 4. The average molecular weight is 245 g/mol. The number of anilines is 2. The summed E-state index contributed by atoms with van der Waals surface area (Å²) in [5.74, 6) is 2.62. The maximum atomic E-state index is 8.90. The summed E-state index contributed by atoms with van der Waals surface area (Å²) in [6.45, 7) is 1.82. The number of hydrogen-bond acceptors (Lipinski definition) is 6. The van der Waals surface area contributed by atoms with Crippen molar-refractivity contribution in [3.8, 4) is 6.07 Å². The molecule has 6 nitrogen and oxygen atoms in total. The zero-order valence-corrected chi connectivity index (χ0v) is 10.0. The van der Waals surface area contributed by atoms with Gasteiger partial charge in [-0.25, -0.2) is 9.97 Å². The molecule has 2 heterocycles. The molecule has 1 aliphatic carbocycles. The molecule has 2 fully saturated rings. The normalized spacial score (nSPS) is 23.7. The van der Waals surface area contributed by atoms with Gasteiger partial charge in [0.15, 0.2) is 6.10 Å². The smallest absolute Gasteiger partial charge is 0.161 e. The minimum absolute atomic E-state index is 0.390. The van der Waals surface area contributed by atoms with E-state index in [0.29, 0.717) is 24.9 Å². The number of aromatic nitrogens is 2. The lowest BCUT2D eigenvalue weighted by atomic mass is 10.3. The first-order valence-electron chi connectivity index (χ1n) is 6.17. The van der Waals surface area contributed by atoms with Gasteiger partial charge >= 0.3 is 0 Å². The molecule has 0 radical (unpaired) electrons. The molecule has 6 heteroatoms. The molecule has 3 rings (SSSR count). The summed E-state index contributed by atoms with van der Waals surface area (Å²) in [4.78, 5) is 10.9. The molecule has 1 aliphatic heterocycles. The topological polar surface area (TPSA) is 88.1 Å². The van der Waals surface area contributed by atoms with Gasteiger partial charge in [0.1, 0.15) is 17.5 Å². The number of nitriles is 1. The lowest BCUT2D eigenvalue weighted by Gasteiger charge is -2.30.